The Hall–Kier alpha value is -2.71. The number of amides is 1. The summed E-state index contributed by atoms with van der Waals surface area (Å²) >= 11 is 0. The zero-order valence-electron chi connectivity index (χ0n) is 15.7. The minimum absolute atomic E-state index is 0.0258. The summed E-state index contributed by atoms with van der Waals surface area (Å²) in [7, 11) is 1.33. The van der Waals surface area contributed by atoms with E-state index in [2.05, 4.69) is 5.32 Å². The second-order valence-corrected chi connectivity index (χ2v) is 6.26. The Balaban J connectivity index is 2.45. The van der Waals surface area contributed by atoms with Gasteiger partial charge in [0.15, 0.2) is 0 Å². The van der Waals surface area contributed by atoms with Crippen LogP contribution in [-0.4, -0.2) is 13.0 Å². The molecule has 0 heterocycles. The zero-order chi connectivity index (χ0) is 21.8. The Labute approximate surface area is 163 Å². The molecule has 0 aliphatic heterocycles. The molecule has 0 atom stereocenters. The molecule has 0 bridgehead atoms. The van der Waals surface area contributed by atoms with Crippen LogP contribution in [0.15, 0.2) is 36.4 Å². The highest BCUT2D eigenvalue weighted by atomic mass is 19.4. The number of hydrogen-bond donors (Lipinski definition) is 1. The first-order valence-electron chi connectivity index (χ1n) is 8.68. The van der Waals surface area contributed by atoms with Crippen molar-refractivity contribution in [2.45, 2.75) is 38.7 Å². The van der Waals surface area contributed by atoms with Crippen LogP contribution in [0.5, 0.6) is 5.75 Å². The van der Waals surface area contributed by atoms with Crippen LogP contribution in [0, 0.1) is 0 Å². The van der Waals surface area contributed by atoms with Crippen molar-refractivity contribution in [2.75, 3.05) is 7.05 Å². The Morgan fingerprint density at radius 1 is 1.00 bits per heavy atom. The second kappa shape index (κ2) is 8.75. The van der Waals surface area contributed by atoms with Gasteiger partial charge < -0.3 is 10.1 Å². The molecule has 0 spiro atoms. The number of carbonyl (C=O) groups is 1. The van der Waals surface area contributed by atoms with Gasteiger partial charge in [-0.2, -0.15) is 26.3 Å². The maximum Gasteiger partial charge on any atom is 0.419 e. The molecule has 158 valence electrons. The predicted molar refractivity (Wildman–Crippen MR) is 94.4 cm³/mol. The lowest BCUT2D eigenvalue weighted by atomic mass is 9.98. The third-order valence-corrected chi connectivity index (χ3v) is 4.34. The van der Waals surface area contributed by atoms with E-state index in [1.54, 1.807) is 6.92 Å². The van der Waals surface area contributed by atoms with Gasteiger partial charge >= 0.3 is 12.4 Å². The molecule has 1 N–H and O–H groups in total. The Kier molecular flexibility index (Phi) is 6.81. The highest BCUT2D eigenvalue weighted by molar-refractivity contribution is 5.78. The van der Waals surface area contributed by atoms with Crippen LogP contribution in [-0.2, 0) is 36.6 Å². The van der Waals surface area contributed by atoms with E-state index in [9.17, 15) is 31.1 Å². The molecule has 0 aromatic heterocycles. The molecule has 2 aromatic rings. The number of benzene rings is 2. The van der Waals surface area contributed by atoms with Gasteiger partial charge in [0.1, 0.15) is 12.4 Å². The van der Waals surface area contributed by atoms with Crippen molar-refractivity contribution in [3.63, 3.8) is 0 Å². The Morgan fingerprint density at radius 3 is 2.21 bits per heavy atom. The van der Waals surface area contributed by atoms with E-state index in [0.29, 0.717) is 12.0 Å². The molecule has 0 aliphatic rings. The normalized spacial score (nSPS) is 12.0. The van der Waals surface area contributed by atoms with Gasteiger partial charge in [-0.15, -0.1) is 0 Å². The van der Waals surface area contributed by atoms with Crippen LogP contribution in [0.4, 0.5) is 26.3 Å². The second-order valence-electron chi connectivity index (χ2n) is 6.26. The molecule has 0 fully saturated rings. The lowest BCUT2D eigenvalue weighted by Gasteiger charge is -2.19. The smallest absolute Gasteiger partial charge is 0.419 e. The Morgan fingerprint density at radius 2 is 1.66 bits per heavy atom. The molecule has 0 aliphatic carbocycles. The van der Waals surface area contributed by atoms with Crippen LogP contribution < -0.4 is 10.1 Å². The minimum atomic E-state index is -4.75. The molecule has 29 heavy (non-hydrogen) atoms. The van der Waals surface area contributed by atoms with Gasteiger partial charge in [0.2, 0.25) is 5.91 Å². The number of nitrogens with one attached hydrogen (secondary N) is 1. The van der Waals surface area contributed by atoms with Crippen LogP contribution in [0.2, 0.25) is 0 Å². The third-order valence-electron chi connectivity index (χ3n) is 4.34. The molecule has 2 aromatic carbocycles. The van der Waals surface area contributed by atoms with Gasteiger partial charge in [0.05, 0.1) is 17.5 Å². The number of alkyl halides is 6. The first-order chi connectivity index (χ1) is 13.5. The van der Waals surface area contributed by atoms with Gasteiger partial charge in [-0.3, -0.25) is 4.79 Å². The summed E-state index contributed by atoms with van der Waals surface area (Å²) in [4.78, 5) is 11.6. The Bertz CT molecular complexity index is 874. The highest BCUT2D eigenvalue weighted by Crippen LogP contribution is 2.38. The fraction of sp³-hybridized carbons (Fsp3) is 0.350. The highest BCUT2D eigenvalue weighted by Gasteiger charge is 2.36. The van der Waals surface area contributed by atoms with E-state index in [-0.39, 0.29) is 17.5 Å². The minimum Gasteiger partial charge on any atom is -0.488 e. The number of hydrogen-bond acceptors (Lipinski definition) is 2. The average molecular weight is 419 g/mol. The molecule has 0 unspecified atom stereocenters. The topological polar surface area (TPSA) is 38.3 Å². The monoisotopic (exact) mass is 419 g/mol. The van der Waals surface area contributed by atoms with Crippen LogP contribution in [0.3, 0.4) is 0 Å². The molecule has 0 radical (unpaired) electrons. The summed E-state index contributed by atoms with van der Waals surface area (Å²) in [6.07, 6.45) is -9.48. The lowest BCUT2D eigenvalue weighted by molar-refractivity contribution is -0.140. The first-order valence-corrected chi connectivity index (χ1v) is 8.68. The number of ether oxygens (including phenoxy) is 1. The maximum atomic E-state index is 13.4. The fourth-order valence-electron chi connectivity index (χ4n) is 2.79. The molecule has 0 saturated carbocycles. The van der Waals surface area contributed by atoms with Gasteiger partial charge in [-0.1, -0.05) is 25.1 Å². The number of carbonyl (C=O) groups excluding carboxylic acids is 1. The van der Waals surface area contributed by atoms with E-state index < -0.39 is 41.7 Å². The van der Waals surface area contributed by atoms with Gasteiger partial charge in [-0.05, 0) is 35.7 Å². The predicted octanol–water partition coefficient (Wildman–Crippen LogP) is 5.15. The number of rotatable bonds is 6. The van der Waals surface area contributed by atoms with E-state index in [1.165, 1.54) is 19.2 Å². The van der Waals surface area contributed by atoms with Crippen LogP contribution >= 0.6 is 0 Å². The molecule has 1 amide bonds. The van der Waals surface area contributed by atoms with E-state index in [0.717, 1.165) is 24.3 Å². The van der Waals surface area contributed by atoms with Crippen molar-refractivity contribution in [2.24, 2.45) is 0 Å². The SMILES string of the molecule is CCc1ccc(OCc2c(CC(=O)NC)cccc2C(F)(F)F)c(C(F)(F)F)c1. The van der Waals surface area contributed by atoms with Crippen LogP contribution in [0.1, 0.15) is 34.7 Å². The van der Waals surface area contributed by atoms with Crippen molar-refractivity contribution in [3.05, 3.63) is 64.2 Å². The lowest BCUT2D eigenvalue weighted by Crippen LogP contribution is -2.22. The van der Waals surface area contributed by atoms with E-state index >= 15 is 0 Å². The van der Waals surface area contributed by atoms with Crippen molar-refractivity contribution in [1.82, 2.24) is 5.32 Å². The summed E-state index contributed by atoms with van der Waals surface area (Å²) in [6, 6.07) is 6.69. The quantitative estimate of drug-likeness (QED) is 0.658. The summed E-state index contributed by atoms with van der Waals surface area (Å²) in [6.45, 7) is 0.914. The number of halogens is 6. The zero-order valence-corrected chi connectivity index (χ0v) is 15.7. The molecule has 3 nitrogen and oxygen atoms in total. The van der Waals surface area contributed by atoms with Gasteiger partial charge in [0, 0.05) is 12.6 Å². The molecular formula is C20H19F6NO2. The molecule has 0 saturated heterocycles. The average Bonchev–Trinajstić information content (AvgIpc) is 2.65. The van der Waals surface area contributed by atoms with Crippen molar-refractivity contribution in [3.8, 4) is 5.75 Å². The van der Waals surface area contributed by atoms with E-state index in [1.807, 2.05) is 0 Å². The van der Waals surface area contributed by atoms with E-state index in [4.69, 9.17) is 4.74 Å². The first kappa shape index (κ1) is 22.6. The van der Waals surface area contributed by atoms with Crippen molar-refractivity contribution in [1.29, 1.82) is 0 Å². The summed E-state index contributed by atoms with van der Waals surface area (Å²) in [5.41, 5.74) is -2.05. The number of aryl methyl sites for hydroxylation is 1. The summed E-state index contributed by atoms with van der Waals surface area (Å²) in [5, 5.41) is 2.30. The van der Waals surface area contributed by atoms with Crippen molar-refractivity contribution < 1.29 is 35.9 Å². The number of likely N-dealkylation sites (N-methyl/N-ethyl adjacent to an activating group) is 1. The van der Waals surface area contributed by atoms with Gasteiger partial charge in [-0.25, -0.2) is 0 Å². The van der Waals surface area contributed by atoms with Crippen molar-refractivity contribution >= 4 is 5.91 Å². The summed E-state index contributed by atoms with van der Waals surface area (Å²) in [5.74, 6) is -1.11. The van der Waals surface area contributed by atoms with Gasteiger partial charge in [0.25, 0.3) is 0 Å². The molecule has 2 rings (SSSR count). The standard InChI is InChI=1S/C20H19F6NO2/c1-3-12-7-8-17(16(9-12)20(24,25)26)29-11-14-13(10-18(28)27-2)5-4-6-15(14)19(21,22)23/h4-9H,3,10-11H2,1-2H3,(H,27,28). The fourth-order valence-corrected chi connectivity index (χ4v) is 2.79. The summed E-state index contributed by atoms with van der Waals surface area (Å²) < 4.78 is 85.4. The maximum absolute atomic E-state index is 13.4. The third kappa shape index (κ3) is 5.65. The molecular weight excluding hydrogens is 400 g/mol. The molecule has 9 heteroatoms. The largest absolute Gasteiger partial charge is 0.488 e. The van der Waals surface area contributed by atoms with Crippen LogP contribution in [0.25, 0.3) is 0 Å².